The van der Waals surface area contributed by atoms with Crippen molar-refractivity contribution in [1.29, 1.82) is 0 Å². The third-order valence-electron chi connectivity index (χ3n) is 4.55. The minimum atomic E-state index is -1.86. The second kappa shape index (κ2) is 7.04. The Hall–Kier alpha value is -0.0731. The van der Waals surface area contributed by atoms with E-state index in [1.165, 1.54) is 12.8 Å². The largest absolute Gasteiger partial charge is 0.485 e. The lowest BCUT2D eigenvalue weighted by atomic mass is 10.2. The SMILES string of the molecule is CC(C)(C)[Si](C)(C)O[C@H](COc1c(Cl)nc(Cl)nc1Cl)C1CC1. The van der Waals surface area contributed by atoms with E-state index >= 15 is 0 Å². The van der Waals surface area contributed by atoms with Gasteiger partial charge in [-0.3, -0.25) is 0 Å². The molecule has 1 saturated carbocycles. The molecule has 2 rings (SSSR count). The molecule has 0 N–H and O–H groups in total. The molecule has 1 aliphatic rings. The lowest BCUT2D eigenvalue weighted by molar-refractivity contribution is 0.0972. The van der Waals surface area contributed by atoms with Crippen molar-refractivity contribution in [1.82, 2.24) is 9.97 Å². The van der Waals surface area contributed by atoms with E-state index in [0.29, 0.717) is 12.5 Å². The maximum absolute atomic E-state index is 6.51. The predicted octanol–water partition coefficient (Wildman–Crippen LogP) is 5.62. The van der Waals surface area contributed by atoms with Crippen LogP contribution in [-0.4, -0.2) is 31.0 Å². The minimum Gasteiger partial charge on any atom is -0.485 e. The predicted molar refractivity (Wildman–Crippen MR) is 97.4 cm³/mol. The van der Waals surface area contributed by atoms with E-state index < -0.39 is 8.32 Å². The fourth-order valence-electron chi connectivity index (χ4n) is 1.95. The first-order valence-electron chi connectivity index (χ1n) is 7.70. The average Bonchev–Trinajstić information content (AvgIpc) is 3.18. The highest BCUT2D eigenvalue weighted by molar-refractivity contribution is 6.74. The molecule has 1 heterocycles. The summed E-state index contributed by atoms with van der Waals surface area (Å²) in [4.78, 5) is 7.73. The summed E-state index contributed by atoms with van der Waals surface area (Å²) in [5.41, 5.74) is 0. The van der Waals surface area contributed by atoms with E-state index in [9.17, 15) is 0 Å². The highest BCUT2D eigenvalue weighted by Crippen LogP contribution is 2.42. The molecule has 0 unspecified atom stereocenters. The van der Waals surface area contributed by atoms with Crippen LogP contribution >= 0.6 is 34.8 Å². The molecule has 1 fully saturated rings. The molecule has 0 radical (unpaired) electrons. The van der Waals surface area contributed by atoms with Crippen LogP contribution < -0.4 is 4.74 Å². The van der Waals surface area contributed by atoms with Crippen molar-refractivity contribution in [2.24, 2.45) is 5.92 Å². The average molecular weight is 398 g/mol. The topological polar surface area (TPSA) is 44.2 Å². The number of hydrogen-bond donors (Lipinski definition) is 0. The Balaban J connectivity index is 2.07. The Morgan fingerprint density at radius 3 is 2.09 bits per heavy atom. The van der Waals surface area contributed by atoms with Gasteiger partial charge in [-0.15, -0.1) is 0 Å². The molecule has 0 aromatic carbocycles. The third-order valence-corrected chi connectivity index (χ3v) is 9.73. The van der Waals surface area contributed by atoms with Crippen molar-refractivity contribution in [3.63, 3.8) is 0 Å². The van der Waals surface area contributed by atoms with Crippen molar-refractivity contribution in [3.05, 3.63) is 15.6 Å². The molecule has 8 heteroatoms. The van der Waals surface area contributed by atoms with Crippen LogP contribution in [0.1, 0.15) is 33.6 Å². The summed E-state index contributed by atoms with van der Waals surface area (Å²) in [5.74, 6) is 0.803. The van der Waals surface area contributed by atoms with Gasteiger partial charge in [-0.2, -0.15) is 0 Å². The van der Waals surface area contributed by atoms with Crippen LogP contribution in [0.5, 0.6) is 5.75 Å². The molecular weight excluding hydrogens is 375 g/mol. The van der Waals surface area contributed by atoms with Gasteiger partial charge in [-0.1, -0.05) is 44.0 Å². The summed E-state index contributed by atoms with van der Waals surface area (Å²) in [5, 5.41) is 0.399. The Bertz CT molecular complexity index is 551. The number of hydrogen-bond acceptors (Lipinski definition) is 4. The van der Waals surface area contributed by atoms with E-state index in [4.69, 9.17) is 44.0 Å². The van der Waals surface area contributed by atoms with Crippen molar-refractivity contribution < 1.29 is 9.16 Å². The quantitative estimate of drug-likeness (QED) is 0.355. The monoisotopic (exact) mass is 396 g/mol. The van der Waals surface area contributed by atoms with Crippen LogP contribution in [0.3, 0.4) is 0 Å². The highest BCUT2D eigenvalue weighted by Gasteiger charge is 2.43. The van der Waals surface area contributed by atoms with Crippen molar-refractivity contribution in [2.45, 2.75) is 57.8 Å². The van der Waals surface area contributed by atoms with E-state index in [0.717, 1.165) is 0 Å². The second-order valence-corrected chi connectivity index (χ2v) is 13.3. The van der Waals surface area contributed by atoms with Crippen LogP contribution in [0.15, 0.2) is 0 Å². The molecule has 1 atom stereocenters. The third kappa shape index (κ3) is 4.95. The first-order valence-corrected chi connectivity index (χ1v) is 11.7. The summed E-state index contributed by atoms with van der Waals surface area (Å²) >= 11 is 17.8. The maximum atomic E-state index is 6.51. The lowest BCUT2D eigenvalue weighted by Gasteiger charge is -2.39. The Morgan fingerprint density at radius 1 is 1.13 bits per heavy atom. The summed E-state index contributed by atoms with van der Waals surface area (Å²) in [7, 11) is -1.86. The number of rotatable bonds is 6. The van der Waals surface area contributed by atoms with Crippen LogP contribution in [0, 0.1) is 5.92 Å². The van der Waals surface area contributed by atoms with Gasteiger partial charge in [0.05, 0.1) is 6.10 Å². The van der Waals surface area contributed by atoms with Gasteiger partial charge in [-0.05, 0) is 48.5 Å². The smallest absolute Gasteiger partial charge is 0.225 e. The zero-order valence-electron chi connectivity index (χ0n) is 14.1. The van der Waals surface area contributed by atoms with E-state index in [1.54, 1.807) is 0 Å². The van der Waals surface area contributed by atoms with E-state index in [2.05, 4.69) is 43.8 Å². The maximum Gasteiger partial charge on any atom is 0.225 e. The lowest BCUT2D eigenvalue weighted by Crippen LogP contribution is -2.46. The molecule has 4 nitrogen and oxygen atoms in total. The Kier molecular flexibility index (Phi) is 5.90. The second-order valence-electron chi connectivity index (χ2n) is 7.47. The molecule has 1 aromatic heterocycles. The zero-order chi connectivity index (χ0) is 17.4. The molecular formula is C15H23Cl3N2O2Si. The zero-order valence-corrected chi connectivity index (χ0v) is 17.4. The van der Waals surface area contributed by atoms with Gasteiger partial charge < -0.3 is 9.16 Å². The van der Waals surface area contributed by atoms with E-state index in [1.807, 2.05) is 0 Å². The van der Waals surface area contributed by atoms with E-state index in [-0.39, 0.29) is 32.5 Å². The molecule has 0 spiro atoms. The van der Waals surface area contributed by atoms with Gasteiger partial charge in [0, 0.05) is 0 Å². The van der Waals surface area contributed by atoms with Gasteiger partial charge in [0.15, 0.2) is 24.4 Å². The Labute approximate surface area is 154 Å². The van der Waals surface area contributed by atoms with Gasteiger partial charge >= 0.3 is 0 Å². The summed E-state index contributed by atoms with van der Waals surface area (Å²) < 4.78 is 12.3. The summed E-state index contributed by atoms with van der Waals surface area (Å²) in [6.07, 6.45) is 2.38. The van der Waals surface area contributed by atoms with Gasteiger partial charge in [-0.25, -0.2) is 9.97 Å². The fourth-order valence-corrected chi connectivity index (χ4v) is 4.07. The molecule has 130 valence electrons. The molecule has 23 heavy (non-hydrogen) atoms. The molecule has 0 amide bonds. The van der Waals surface area contributed by atoms with Crippen molar-refractivity contribution in [3.8, 4) is 5.75 Å². The summed E-state index contributed by atoms with van der Waals surface area (Å²) in [6, 6.07) is 0. The van der Waals surface area contributed by atoms with Crippen LogP contribution in [0.25, 0.3) is 0 Å². The molecule has 1 aromatic rings. The number of aromatic nitrogens is 2. The van der Waals surface area contributed by atoms with Gasteiger partial charge in [0.1, 0.15) is 6.61 Å². The molecule has 0 aliphatic heterocycles. The minimum absolute atomic E-state index is 0.00335. The number of halogens is 3. The van der Waals surface area contributed by atoms with Crippen LogP contribution in [0.4, 0.5) is 0 Å². The van der Waals surface area contributed by atoms with Crippen LogP contribution in [0.2, 0.25) is 33.7 Å². The highest BCUT2D eigenvalue weighted by atomic mass is 35.5. The fraction of sp³-hybridized carbons (Fsp3) is 0.733. The first kappa shape index (κ1) is 19.3. The number of nitrogens with zero attached hydrogens (tertiary/aromatic N) is 2. The van der Waals surface area contributed by atoms with Crippen molar-refractivity contribution in [2.75, 3.05) is 6.61 Å². The van der Waals surface area contributed by atoms with Gasteiger partial charge in [0.2, 0.25) is 5.28 Å². The first-order chi connectivity index (χ1) is 10.5. The molecule has 0 saturated heterocycles. The Morgan fingerprint density at radius 2 is 1.65 bits per heavy atom. The molecule has 1 aliphatic carbocycles. The van der Waals surface area contributed by atoms with Crippen LogP contribution in [-0.2, 0) is 4.43 Å². The summed E-state index contributed by atoms with van der Waals surface area (Å²) in [6.45, 7) is 11.6. The normalized spacial score (nSPS) is 17.2. The standard InChI is InChI=1S/C15H23Cl3N2O2Si/c1-15(2,3)23(4,5)22-10(9-6-7-9)8-21-11-12(16)19-14(18)20-13(11)17/h9-10H,6-8H2,1-5H3/t10-/m1/s1. The number of ether oxygens (including phenoxy) is 1. The van der Waals surface area contributed by atoms with Gasteiger partial charge in [0.25, 0.3) is 0 Å². The van der Waals surface area contributed by atoms with Crippen molar-refractivity contribution >= 4 is 43.1 Å². The molecule has 0 bridgehead atoms.